The molecule has 0 aromatic heterocycles. The molecule has 0 aliphatic heterocycles. The molecule has 0 radical (unpaired) electrons. The summed E-state index contributed by atoms with van der Waals surface area (Å²) in [4.78, 5) is 11.2. The van der Waals surface area contributed by atoms with Crippen molar-refractivity contribution in [2.75, 3.05) is 5.32 Å². The molecule has 4 nitrogen and oxygen atoms in total. The molecule has 0 unspecified atom stereocenters. The number of benzene rings is 2. The number of nitrogens with one attached hydrogen (secondary N) is 1. The molecule has 0 amide bonds. The topological polar surface area (TPSA) is 73.1 Å². The third kappa shape index (κ3) is 3.15. The highest BCUT2D eigenvalue weighted by molar-refractivity contribution is 5.94. The van der Waals surface area contributed by atoms with Crippen LogP contribution in [0.1, 0.15) is 27.0 Å². The summed E-state index contributed by atoms with van der Waals surface area (Å²) in [5.41, 5.74) is 3.34. The second kappa shape index (κ2) is 5.89. The molecule has 0 saturated carbocycles. The Bertz CT molecular complexity index is 687. The molecule has 2 aromatic rings. The first kappa shape index (κ1) is 13.6. The van der Waals surface area contributed by atoms with Crippen molar-refractivity contribution in [3.05, 3.63) is 64.7 Å². The van der Waals surface area contributed by atoms with Crippen molar-refractivity contribution in [3.63, 3.8) is 0 Å². The number of anilines is 1. The number of carboxylic acid groups (broad SMARTS) is 1. The third-order valence-electron chi connectivity index (χ3n) is 2.94. The van der Waals surface area contributed by atoms with Gasteiger partial charge < -0.3 is 10.4 Å². The van der Waals surface area contributed by atoms with Crippen LogP contribution in [0.5, 0.6) is 0 Å². The summed E-state index contributed by atoms with van der Waals surface area (Å²) < 4.78 is 0. The van der Waals surface area contributed by atoms with Gasteiger partial charge in [-0.05, 0) is 42.3 Å². The van der Waals surface area contributed by atoms with Crippen LogP contribution in [-0.2, 0) is 6.54 Å². The van der Waals surface area contributed by atoms with Crippen LogP contribution in [0.4, 0.5) is 5.69 Å². The zero-order valence-corrected chi connectivity index (χ0v) is 11.1. The smallest absolute Gasteiger partial charge is 0.337 e. The normalized spacial score (nSPS) is 9.80. The van der Waals surface area contributed by atoms with Crippen molar-refractivity contribution in [1.29, 1.82) is 5.26 Å². The fourth-order valence-corrected chi connectivity index (χ4v) is 1.94. The number of nitrogens with zero attached hydrogens (tertiary/aromatic N) is 1. The summed E-state index contributed by atoms with van der Waals surface area (Å²) in [7, 11) is 0. The Hall–Kier alpha value is -2.80. The van der Waals surface area contributed by atoms with Crippen LogP contribution in [0, 0.1) is 18.3 Å². The molecule has 0 spiro atoms. The molecule has 2 aromatic carbocycles. The van der Waals surface area contributed by atoms with Gasteiger partial charge in [-0.2, -0.15) is 5.26 Å². The lowest BCUT2D eigenvalue weighted by Gasteiger charge is -2.10. The molecule has 0 saturated heterocycles. The summed E-state index contributed by atoms with van der Waals surface area (Å²) in [6, 6.07) is 14.5. The SMILES string of the molecule is Cc1ccc(C(=O)O)c(NCc2cccc(C#N)c2)c1. The molecular formula is C16H14N2O2. The number of carboxylic acids is 1. The van der Waals surface area contributed by atoms with Crippen LogP contribution in [0.25, 0.3) is 0 Å². The van der Waals surface area contributed by atoms with Crippen molar-refractivity contribution in [3.8, 4) is 6.07 Å². The quantitative estimate of drug-likeness (QED) is 0.891. The molecule has 0 heterocycles. The summed E-state index contributed by atoms with van der Waals surface area (Å²) in [6.45, 7) is 2.38. The van der Waals surface area contributed by atoms with Gasteiger partial charge in [0.2, 0.25) is 0 Å². The molecule has 0 aliphatic carbocycles. The summed E-state index contributed by atoms with van der Waals surface area (Å²) in [5.74, 6) is -0.960. The zero-order chi connectivity index (χ0) is 14.5. The van der Waals surface area contributed by atoms with E-state index in [1.165, 1.54) is 0 Å². The zero-order valence-electron chi connectivity index (χ0n) is 11.1. The Kier molecular flexibility index (Phi) is 4.02. The van der Waals surface area contributed by atoms with Gasteiger partial charge in [0.1, 0.15) is 0 Å². The maximum atomic E-state index is 11.2. The first-order valence-electron chi connectivity index (χ1n) is 6.17. The molecule has 2 N–H and O–H groups in total. The van der Waals surface area contributed by atoms with E-state index in [-0.39, 0.29) is 5.56 Å². The molecule has 0 bridgehead atoms. The highest BCUT2D eigenvalue weighted by Gasteiger charge is 2.09. The molecular weight excluding hydrogens is 252 g/mol. The van der Waals surface area contributed by atoms with Crippen LogP contribution < -0.4 is 5.32 Å². The van der Waals surface area contributed by atoms with Gasteiger partial charge in [-0.3, -0.25) is 0 Å². The Morgan fingerprint density at radius 2 is 2.10 bits per heavy atom. The fourth-order valence-electron chi connectivity index (χ4n) is 1.94. The Balaban J connectivity index is 2.20. The standard InChI is InChI=1S/C16H14N2O2/c1-11-5-6-14(16(19)20)15(7-11)18-10-13-4-2-3-12(8-13)9-17/h2-8,18H,10H2,1H3,(H,19,20). The first-order valence-corrected chi connectivity index (χ1v) is 6.17. The van der Waals surface area contributed by atoms with Gasteiger partial charge in [-0.1, -0.05) is 18.2 Å². The number of hydrogen-bond donors (Lipinski definition) is 2. The van der Waals surface area contributed by atoms with Crippen molar-refractivity contribution in [2.24, 2.45) is 0 Å². The molecule has 0 fully saturated rings. The lowest BCUT2D eigenvalue weighted by Crippen LogP contribution is -2.06. The Labute approximate surface area is 117 Å². The lowest BCUT2D eigenvalue weighted by molar-refractivity contribution is 0.0698. The summed E-state index contributed by atoms with van der Waals surface area (Å²) >= 11 is 0. The van der Waals surface area contributed by atoms with Crippen LogP contribution in [0.15, 0.2) is 42.5 Å². The third-order valence-corrected chi connectivity index (χ3v) is 2.94. The monoisotopic (exact) mass is 266 g/mol. The number of nitriles is 1. The second-order valence-corrected chi connectivity index (χ2v) is 4.52. The van der Waals surface area contributed by atoms with Crippen LogP contribution in [0.3, 0.4) is 0 Å². The molecule has 4 heteroatoms. The van der Waals surface area contributed by atoms with Crippen molar-refractivity contribution < 1.29 is 9.90 Å². The first-order chi connectivity index (χ1) is 9.60. The van der Waals surface area contributed by atoms with E-state index < -0.39 is 5.97 Å². The molecule has 2 rings (SSSR count). The lowest BCUT2D eigenvalue weighted by atomic mass is 10.1. The predicted octanol–water partition coefficient (Wildman–Crippen LogP) is 3.18. The highest BCUT2D eigenvalue weighted by atomic mass is 16.4. The van der Waals surface area contributed by atoms with E-state index in [4.69, 9.17) is 10.4 Å². The number of aromatic carboxylic acids is 1. The van der Waals surface area contributed by atoms with E-state index in [0.29, 0.717) is 17.8 Å². The maximum absolute atomic E-state index is 11.2. The van der Waals surface area contributed by atoms with E-state index in [1.54, 1.807) is 30.3 Å². The van der Waals surface area contributed by atoms with Crippen molar-refractivity contribution in [1.82, 2.24) is 0 Å². The highest BCUT2D eigenvalue weighted by Crippen LogP contribution is 2.19. The second-order valence-electron chi connectivity index (χ2n) is 4.52. The minimum Gasteiger partial charge on any atom is -0.478 e. The minimum absolute atomic E-state index is 0.243. The summed E-state index contributed by atoms with van der Waals surface area (Å²) in [6.07, 6.45) is 0. The fraction of sp³-hybridized carbons (Fsp3) is 0.125. The van der Waals surface area contributed by atoms with E-state index in [1.807, 2.05) is 19.1 Å². The van der Waals surface area contributed by atoms with E-state index in [2.05, 4.69) is 11.4 Å². The van der Waals surface area contributed by atoms with E-state index in [0.717, 1.165) is 11.1 Å². The molecule has 0 atom stereocenters. The molecule has 0 aliphatic rings. The van der Waals surface area contributed by atoms with Gasteiger partial charge in [0.05, 0.1) is 17.2 Å². The van der Waals surface area contributed by atoms with Gasteiger partial charge in [0.25, 0.3) is 0 Å². The van der Waals surface area contributed by atoms with Gasteiger partial charge in [-0.15, -0.1) is 0 Å². The summed E-state index contributed by atoms with van der Waals surface area (Å²) in [5, 5.41) is 21.1. The average molecular weight is 266 g/mol. The van der Waals surface area contributed by atoms with Gasteiger partial charge in [0.15, 0.2) is 0 Å². The van der Waals surface area contributed by atoms with Crippen LogP contribution >= 0.6 is 0 Å². The van der Waals surface area contributed by atoms with Crippen molar-refractivity contribution in [2.45, 2.75) is 13.5 Å². The van der Waals surface area contributed by atoms with Gasteiger partial charge in [-0.25, -0.2) is 4.79 Å². The molecule has 20 heavy (non-hydrogen) atoms. The predicted molar refractivity (Wildman–Crippen MR) is 76.6 cm³/mol. The van der Waals surface area contributed by atoms with E-state index in [9.17, 15) is 4.79 Å². The van der Waals surface area contributed by atoms with Crippen LogP contribution in [0.2, 0.25) is 0 Å². The number of rotatable bonds is 4. The maximum Gasteiger partial charge on any atom is 0.337 e. The largest absolute Gasteiger partial charge is 0.478 e. The minimum atomic E-state index is -0.960. The van der Waals surface area contributed by atoms with Crippen LogP contribution in [-0.4, -0.2) is 11.1 Å². The number of hydrogen-bond acceptors (Lipinski definition) is 3. The Morgan fingerprint density at radius 3 is 2.80 bits per heavy atom. The number of aryl methyl sites for hydroxylation is 1. The average Bonchev–Trinajstić information content (AvgIpc) is 2.45. The van der Waals surface area contributed by atoms with Crippen molar-refractivity contribution >= 4 is 11.7 Å². The number of carbonyl (C=O) groups is 1. The molecule has 100 valence electrons. The van der Waals surface area contributed by atoms with Gasteiger partial charge >= 0.3 is 5.97 Å². The van der Waals surface area contributed by atoms with E-state index >= 15 is 0 Å². The Morgan fingerprint density at radius 1 is 1.30 bits per heavy atom. The van der Waals surface area contributed by atoms with Gasteiger partial charge in [0, 0.05) is 12.2 Å².